The van der Waals surface area contributed by atoms with Crippen LogP contribution in [-0.2, 0) is 16.1 Å². The standard InChI is InChI=1S/C19H21NO6/c1-23-15-8-14(9-16(10-15)24-2)19(22)26-12-18(21)20-11-13-6-4-5-7-17(13)25-3/h4-10H,11-12H2,1-3H3,(H,20,21). The van der Waals surface area contributed by atoms with Gasteiger partial charge in [-0.2, -0.15) is 0 Å². The van der Waals surface area contributed by atoms with E-state index >= 15 is 0 Å². The fourth-order valence-electron chi connectivity index (χ4n) is 2.23. The van der Waals surface area contributed by atoms with E-state index in [-0.39, 0.29) is 12.1 Å². The highest BCUT2D eigenvalue weighted by atomic mass is 16.5. The molecular formula is C19H21NO6. The fraction of sp³-hybridized carbons (Fsp3) is 0.263. The van der Waals surface area contributed by atoms with Crippen molar-refractivity contribution in [3.8, 4) is 17.2 Å². The minimum Gasteiger partial charge on any atom is -0.497 e. The molecule has 7 heteroatoms. The van der Waals surface area contributed by atoms with Gasteiger partial charge in [-0.25, -0.2) is 4.79 Å². The lowest BCUT2D eigenvalue weighted by atomic mass is 10.2. The number of methoxy groups -OCH3 is 3. The van der Waals surface area contributed by atoms with E-state index in [2.05, 4.69) is 5.32 Å². The zero-order valence-corrected chi connectivity index (χ0v) is 14.9. The Morgan fingerprint density at radius 3 is 2.19 bits per heavy atom. The van der Waals surface area contributed by atoms with E-state index in [1.165, 1.54) is 26.4 Å². The summed E-state index contributed by atoms with van der Waals surface area (Å²) in [5.41, 5.74) is 1.06. The van der Waals surface area contributed by atoms with Crippen LogP contribution < -0.4 is 19.5 Å². The maximum atomic E-state index is 12.1. The maximum absolute atomic E-state index is 12.1. The maximum Gasteiger partial charge on any atom is 0.338 e. The summed E-state index contributed by atoms with van der Waals surface area (Å²) in [4.78, 5) is 24.0. The molecule has 2 rings (SSSR count). The highest BCUT2D eigenvalue weighted by molar-refractivity contribution is 5.92. The van der Waals surface area contributed by atoms with Crippen LogP contribution >= 0.6 is 0 Å². The summed E-state index contributed by atoms with van der Waals surface area (Å²) in [5.74, 6) is 0.524. The smallest absolute Gasteiger partial charge is 0.338 e. The first kappa shape index (κ1) is 19.1. The number of amides is 1. The van der Waals surface area contributed by atoms with E-state index in [1.54, 1.807) is 19.2 Å². The fourth-order valence-corrected chi connectivity index (χ4v) is 2.23. The van der Waals surface area contributed by atoms with Crippen molar-refractivity contribution in [2.45, 2.75) is 6.54 Å². The van der Waals surface area contributed by atoms with Gasteiger partial charge in [0.15, 0.2) is 6.61 Å². The van der Waals surface area contributed by atoms with Gasteiger partial charge in [0.05, 0.1) is 26.9 Å². The molecule has 26 heavy (non-hydrogen) atoms. The van der Waals surface area contributed by atoms with Crippen molar-refractivity contribution in [1.29, 1.82) is 0 Å². The predicted molar refractivity (Wildman–Crippen MR) is 94.7 cm³/mol. The summed E-state index contributed by atoms with van der Waals surface area (Å²) in [5, 5.41) is 2.68. The molecular weight excluding hydrogens is 338 g/mol. The lowest BCUT2D eigenvalue weighted by molar-refractivity contribution is -0.124. The van der Waals surface area contributed by atoms with Crippen LogP contribution in [0.5, 0.6) is 17.2 Å². The Kier molecular flexibility index (Phi) is 6.84. The first-order valence-corrected chi connectivity index (χ1v) is 7.86. The summed E-state index contributed by atoms with van der Waals surface area (Å²) in [7, 11) is 4.52. The van der Waals surface area contributed by atoms with Gasteiger partial charge < -0.3 is 24.3 Å². The quantitative estimate of drug-likeness (QED) is 0.728. The van der Waals surface area contributed by atoms with Gasteiger partial charge >= 0.3 is 5.97 Å². The third-order valence-electron chi connectivity index (χ3n) is 3.59. The molecule has 0 atom stereocenters. The van der Waals surface area contributed by atoms with Crippen LogP contribution in [0.3, 0.4) is 0 Å². The molecule has 2 aromatic carbocycles. The van der Waals surface area contributed by atoms with E-state index in [9.17, 15) is 9.59 Å². The second-order valence-electron chi connectivity index (χ2n) is 5.27. The number of ether oxygens (including phenoxy) is 4. The highest BCUT2D eigenvalue weighted by Crippen LogP contribution is 2.23. The molecule has 0 bridgehead atoms. The summed E-state index contributed by atoms with van der Waals surface area (Å²) in [6.07, 6.45) is 0. The van der Waals surface area contributed by atoms with Crippen molar-refractivity contribution >= 4 is 11.9 Å². The second-order valence-corrected chi connectivity index (χ2v) is 5.27. The van der Waals surface area contributed by atoms with Crippen LogP contribution in [0.2, 0.25) is 0 Å². The number of hydrogen-bond donors (Lipinski definition) is 1. The summed E-state index contributed by atoms with van der Waals surface area (Å²) in [6, 6.07) is 12.0. The van der Waals surface area contributed by atoms with Gasteiger partial charge in [0.2, 0.25) is 0 Å². The van der Waals surface area contributed by atoms with E-state index in [0.717, 1.165) is 5.56 Å². The molecule has 1 N–H and O–H groups in total. The average molecular weight is 359 g/mol. The highest BCUT2D eigenvalue weighted by Gasteiger charge is 2.13. The molecule has 0 spiro atoms. The lowest BCUT2D eigenvalue weighted by Gasteiger charge is -2.10. The van der Waals surface area contributed by atoms with Crippen LogP contribution in [0.4, 0.5) is 0 Å². The topological polar surface area (TPSA) is 83.1 Å². The number of hydrogen-bond acceptors (Lipinski definition) is 6. The van der Waals surface area contributed by atoms with Gasteiger partial charge in [0.25, 0.3) is 5.91 Å². The zero-order valence-electron chi connectivity index (χ0n) is 14.9. The van der Waals surface area contributed by atoms with Crippen molar-refractivity contribution in [2.75, 3.05) is 27.9 Å². The minimum absolute atomic E-state index is 0.235. The Balaban J connectivity index is 1.90. The monoisotopic (exact) mass is 359 g/mol. The Bertz CT molecular complexity index is 752. The van der Waals surface area contributed by atoms with Crippen LogP contribution in [-0.4, -0.2) is 39.8 Å². The van der Waals surface area contributed by atoms with Gasteiger partial charge in [0.1, 0.15) is 17.2 Å². The molecule has 1 amide bonds. The molecule has 0 fully saturated rings. The van der Waals surface area contributed by atoms with E-state index in [4.69, 9.17) is 18.9 Å². The molecule has 0 aromatic heterocycles. The summed E-state index contributed by atoms with van der Waals surface area (Å²) in [6.45, 7) is -0.124. The number of carbonyl (C=O) groups is 2. The molecule has 138 valence electrons. The lowest BCUT2D eigenvalue weighted by Crippen LogP contribution is -2.28. The molecule has 7 nitrogen and oxygen atoms in total. The number of esters is 1. The first-order valence-electron chi connectivity index (χ1n) is 7.86. The minimum atomic E-state index is -0.644. The molecule has 2 aromatic rings. The van der Waals surface area contributed by atoms with Gasteiger partial charge in [-0.1, -0.05) is 18.2 Å². The Hall–Kier alpha value is -3.22. The third-order valence-corrected chi connectivity index (χ3v) is 3.59. The Morgan fingerprint density at radius 1 is 0.923 bits per heavy atom. The second kappa shape index (κ2) is 9.31. The SMILES string of the molecule is COc1cc(OC)cc(C(=O)OCC(=O)NCc2ccccc2OC)c1. The van der Waals surface area contributed by atoms with E-state index < -0.39 is 18.5 Å². The van der Waals surface area contributed by atoms with Gasteiger partial charge in [-0.05, 0) is 18.2 Å². The van der Waals surface area contributed by atoms with Crippen molar-refractivity contribution in [3.05, 3.63) is 53.6 Å². The van der Waals surface area contributed by atoms with Crippen LogP contribution in [0.15, 0.2) is 42.5 Å². The van der Waals surface area contributed by atoms with Crippen molar-refractivity contribution in [1.82, 2.24) is 5.32 Å². The van der Waals surface area contributed by atoms with Crippen LogP contribution in [0.25, 0.3) is 0 Å². The molecule has 0 aliphatic heterocycles. The summed E-state index contributed by atoms with van der Waals surface area (Å²) < 4.78 is 20.5. The summed E-state index contributed by atoms with van der Waals surface area (Å²) >= 11 is 0. The molecule has 0 unspecified atom stereocenters. The predicted octanol–water partition coefficient (Wildman–Crippen LogP) is 2.19. The number of para-hydroxylation sites is 1. The van der Waals surface area contributed by atoms with E-state index in [0.29, 0.717) is 17.2 Å². The van der Waals surface area contributed by atoms with Gasteiger partial charge in [-0.3, -0.25) is 4.79 Å². The van der Waals surface area contributed by atoms with E-state index in [1.807, 2.05) is 18.2 Å². The zero-order chi connectivity index (χ0) is 18.9. The Morgan fingerprint density at radius 2 is 1.58 bits per heavy atom. The van der Waals surface area contributed by atoms with Crippen molar-refractivity contribution in [3.63, 3.8) is 0 Å². The molecule has 0 radical (unpaired) electrons. The van der Waals surface area contributed by atoms with Gasteiger partial charge in [0, 0.05) is 18.2 Å². The molecule has 0 aliphatic carbocycles. The van der Waals surface area contributed by atoms with Gasteiger partial charge in [-0.15, -0.1) is 0 Å². The molecule has 0 heterocycles. The van der Waals surface area contributed by atoms with Crippen molar-refractivity contribution < 1.29 is 28.5 Å². The van der Waals surface area contributed by atoms with Crippen LogP contribution in [0.1, 0.15) is 15.9 Å². The first-order chi connectivity index (χ1) is 12.6. The average Bonchev–Trinajstić information content (AvgIpc) is 2.69. The largest absolute Gasteiger partial charge is 0.497 e. The number of carbonyl (C=O) groups excluding carboxylic acids is 2. The molecule has 0 saturated carbocycles. The third kappa shape index (κ3) is 5.14. The number of nitrogens with one attached hydrogen (secondary N) is 1. The molecule has 0 saturated heterocycles. The number of benzene rings is 2. The van der Waals surface area contributed by atoms with Crippen LogP contribution in [0, 0.1) is 0 Å². The Labute approximate surface area is 151 Å². The normalized spacial score (nSPS) is 9.96. The van der Waals surface area contributed by atoms with Crippen molar-refractivity contribution in [2.24, 2.45) is 0 Å². The molecule has 0 aliphatic rings. The number of rotatable bonds is 8.